The monoisotopic (exact) mass is 214 g/mol. The van der Waals surface area contributed by atoms with Gasteiger partial charge in [0.15, 0.2) is 5.92 Å². The van der Waals surface area contributed by atoms with Gasteiger partial charge in [-0.3, -0.25) is 9.59 Å². The molecule has 0 spiro atoms. The van der Waals surface area contributed by atoms with Crippen molar-refractivity contribution in [2.24, 2.45) is 5.92 Å². The van der Waals surface area contributed by atoms with Gasteiger partial charge in [0.05, 0.1) is 0 Å². The fourth-order valence-corrected chi connectivity index (χ4v) is 0.738. The highest BCUT2D eigenvalue weighted by molar-refractivity contribution is 5.93. The number of aliphatic carboxylic acids is 3. The maximum Gasteiger partial charge on any atom is 0.328 e. The van der Waals surface area contributed by atoms with Crippen LogP contribution in [0.3, 0.4) is 0 Å². The smallest absolute Gasteiger partial charge is 0.328 e. The van der Waals surface area contributed by atoms with E-state index in [0.29, 0.717) is 0 Å². The highest BCUT2D eigenvalue weighted by Crippen LogP contribution is 2.04. The summed E-state index contributed by atoms with van der Waals surface area (Å²) in [6.07, 6.45) is 4.42. The third kappa shape index (κ3) is 6.03. The van der Waals surface area contributed by atoms with Gasteiger partial charge in [-0.15, -0.1) is 0 Å². The zero-order valence-corrected chi connectivity index (χ0v) is 7.66. The number of allylic oxidation sites excluding steroid dienone is 3. The molecule has 0 rings (SSSR count). The Hall–Kier alpha value is -2.11. The van der Waals surface area contributed by atoms with E-state index in [1.807, 2.05) is 0 Å². The lowest BCUT2D eigenvalue weighted by Crippen LogP contribution is -2.22. The molecule has 6 nitrogen and oxygen atoms in total. The number of carbonyl (C=O) groups is 3. The average molecular weight is 214 g/mol. The number of carboxylic acids is 3. The standard InChI is InChI=1S/C9H10O6/c10-7(11)5-3-1-2-4-6(8(12)13)9(14)15/h1-3,5-6H,4H2,(H,10,11)(H,12,13)(H,14,15)/b2-1+,5-3+. The van der Waals surface area contributed by atoms with E-state index < -0.39 is 23.8 Å². The summed E-state index contributed by atoms with van der Waals surface area (Å²) in [5.74, 6) is -5.48. The van der Waals surface area contributed by atoms with Crippen molar-refractivity contribution < 1.29 is 29.7 Å². The van der Waals surface area contributed by atoms with Gasteiger partial charge in [-0.25, -0.2) is 4.79 Å². The zero-order valence-electron chi connectivity index (χ0n) is 7.66. The van der Waals surface area contributed by atoms with Crippen molar-refractivity contribution in [3.63, 3.8) is 0 Å². The summed E-state index contributed by atoms with van der Waals surface area (Å²) >= 11 is 0. The Kier molecular flexibility index (Phi) is 5.47. The number of rotatable bonds is 6. The van der Waals surface area contributed by atoms with Gasteiger partial charge in [0.1, 0.15) is 0 Å². The molecule has 0 unspecified atom stereocenters. The van der Waals surface area contributed by atoms with Gasteiger partial charge in [-0.05, 0) is 6.42 Å². The molecule has 0 aromatic rings. The summed E-state index contributed by atoms with van der Waals surface area (Å²) in [6.45, 7) is 0. The van der Waals surface area contributed by atoms with Crippen LogP contribution in [0.2, 0.25) is 0 Å². The van der Waals surface area contributed by atoms with E-state index in [0.717, 1.165) is 6.08 Å². The van der Waals surface area contributed by atoms with Crippen LogP contribution in [0.5, 0.6) is 0 Å². The predicted octanol–water partition coefficient (Wildman–Crippen LogP) is 0.359. The first kappa shape index (κ1) is 12.9. The van der Waals surface area contributed by atoms with Crippen molar-refractivity contribution in [2.75, 3.05) is 0 Å². The Morgan fingerprint density at radius 3 is 1.93 bits per heavy atom. The first-order valence-electron chi connectivity index (χ1n) is 3.97. The molecule has 0 atom stereocenters. The molecular formula is C9H10O6. The van der Waals surface area contributed by atoms with E-state index in [2.05, 4.69) is 0 Å². The van der Waals surface area contributed by atoms with E-state index >= 15 is 0 Å². The second-order valence-electron chi connectivity index (χ2n) is 2.59. The quantitative estimate of drug-likeness (QED) is 0.334. The normalized spacial score (nSPS) is 11.3. The molecule has 0 saturated heterocycles. The zero-order chi connectivity index (χ0) is 11.8. The Morgan fingerprint density at radius 2 is 1.53 bits per heavy atom. The molecule has 0 heterocycles. The van der Waals surface area contributed by atoms with Crippen molar-refractivity contribution in [1.82, 2.24) is 0 Å². The maximum absolute atomic E-state index is 10.4. The second-order valence-corrected chi connectivity index (χ2v) is 2.59. The lowest BCUT2D eigenvalue weighted by Gasteiger charge is -2.01. The van der Waals surface area contributed by atoms with E-state index in [-0.39, 0.29) is 6.42 Å². The molecule has 0 aliphatic heterocycles. The highest BCUT2D eigenvalue weighted by Gasteiger charge is 2.23. The van der Waals surface area contributed by atoms with Crippen LogP contribution in [0.4, 0.5) is 0 Å². The van der Waals surface area contributed by atoms with Crippen LogP contribution in [0.25, 0.3) is 0 Å². The summed E-state index contributed by atoms with van der Waals surface area (Å²) in [6, 6.07) is 0. The molecule has 0 aliphatic carbocycles. The van der Waals surface area contributed by atoms with Crippen molar-refractivity contribution in [3.05, 3.63) is 24.3 Å². The van der Waals surface area contributed by atoms with Crippen LogP contribution in [-0.4, -0.2) is 33.2 Å². The minimum absolute atomic E-state index is 0.186. The Labute approximate surface area is 85.1 Å². The molecule has 0 fully saturated rings. The molecule has 15 heavy (non-hydrogen) atoms. The maximum atomic E-state index is 10.4. The Bertz CT molecular complexity index is 301. The summed E-state index contributed by atoms with van der Waals surface area (Å²) in [7, 11) is 0. The lowest BCUT2D eigenvalue weighted by atomic mass is 10.1. The van der Waals surface area contributed by atoms with Crippen LogP contribution in [-0.2, 0) is 14.4 Å². The minimum atomic E-state index is -1.50. The van der Waals surface area contributed by atoms with Gasteiger partial charge in [0.2, 0.25) is 0 Å². The average Bonchev–Trinajstić information content (AvgIpc) is 2.08. The van der Waals surface area contributed by atoms with Crippen LogP contribution in [0.1, 0.15) is 6.42 Å². The predicted molar refractivity (Wildman–Crippen MR) is 49.3 cm³/mol. The molecule has 0 aromatic heterocycles. The van der Waals surface area contributed by atoms with Crippen molar-refractivity contribution in [2.45, 2.75) is 6.42 Å². The molecule has 0 bridgehead atoms. The van der Waals surface area contributed by atoms with Crippen LogP contribution >= 0.6 is 0 Å². The Balaban J connectivity index is 4.17. The fourth-order valence-electron chi connectivity index (χ4n) is 0.738. The molecule has 3 N–H and O–H groups in total. The largest absolute Gasteiger partial charge is 0.481 e. The summed E-state index contributed by atoms with van der Waals surface area (Å²) in [5.41, 5.74) is 0. The van der Waals surface area contributed by atoms with Crippen LogP contribution < -0.4 is 0 Å². The molecule has 6 heteroatoms. The highest BCUT2D eigenvalue weighted by atomic mass is 16.4. The van der Waals surface area contributed by atoms with Gasteiger partial charge >= 0.3 is 17.9 Å². The summed E-state index contributed by atoms with van der Waals surface area (Å²) in [4.78, 5) is 30.8. The van der Waals surface area contributed by atoms with Gasteiger partial charge in [-0.2, -0.15) is 0 Å². The molecule has 82 valence electrons. The number of carboxylic acid groups (broad SMARTS) is 3. The van der Waals surface area contributed by atoms with Crippen molar-refractivity contribution in [1.29, 1.82) is 0 Å². The van der Waals surface area contributed by atoms with E-state index in [1.54, 1.807) is 0 Å². The first-order chi connectivity index (χ1) is 6.95. The third-order valence-electron chi connectivity index (χ3n) is 1.45. The van der Waals surface area contributed by atoms with Crippen LogP contribution in [0, 0.1) is 5.92 Å². The van der Waals surface area contributed by atoms with Crippen molar-refractivity contribution >= 4 is 17.9 Å². The van der Waals surface area contributed by atoms with Gasteiger partial charge in [0.25, 0.3) is 0 Å². The molecule has 0 aliphatic rings. The van der Waals surface area contributed by atoms with Gasteiger partial charge < -0.3 is 15.3 Å². The minimum Gasteiger partial charge on any atom is -0.481 e. The molecule has 0 saturated carbocycles. The Morgan fingerprint density at radius 1 is 1.00 bits per heavy atom. The molecule has 0 aromatic carbocycles. The molecule has 0 amide bonds. The number of hydrogen-bond donors (Lipinski definition) is 3. The van der Waals surface area contributed by atoms with Crippen LogP contribution in [0.15, 0.2) is 24.3 Å². The van der Waals surface area contributed by atoms with E-state index in [1.165, 1.54) is 18.2 Å². The molecular weight excluding hydrogens is 204 g/mol. The second kappa shape index (κ2) is 6.36. The first-order valence-corrected chi connectivity index (χ1v) is 3.97. The molecule has 0 radical (unpaired) electrons. The SMILES string of the molecule is O=C(O)/C=C/C=C/CC(C(=O)O)C(=O)O. The van der Waals surface area contributed by atoms with Gasteiger partial charge in [-0.1, -0.05) is 18.2 Å². The summed E-state index contributed by atoms with van der Waals surface area (Å²) < 4.78 is 0. The lowest BCUT2D eigenvalue weighted by molar-refractivity contribution is -0.154. The van der Waals surface area contributed by atoms with E-state index in [4.69, 9.17) is 15.3 Å². The van der Waals surface area contributed by atoms with E-state index in [9.17, 15) is 14.4 Å². The third-order valence-corrected chi connectivity index (χ3v) is 1.45. The topological polar surface area (TPSA) is 112 Å². The fraction of sp³-hybridized carbons (Fsp3) is 0.222. The van der Waals surface area contributed by atoms with Crippen molar-refractivity contribution in [3.8, 4) is 0 Å². The number of hydrogen-bond acceptors (Lipinski definition) is 3. The summed E-state index contributed by atoms with van der Waals surface area (Å²) in [5, 5.41) is 25.1. The van der Waals surface area contributed by atoms with Gasteiger partial charge in [0, 0.05) is 6.08 Å².